The number of hydrogen-bond acceptors (Lipinski definition) is 6. The molecular weight excluding hydrogens is 278 g/mol. The van der Waals surface area contributed by atoms with Crippen molar-refractivity contribution < 1.29 is 4.74 Å². The van der Waals surface area contributed by atoms with E-state index < -0.39 is 0 Å². The lowest BCUT2D eigenvalue weighted by molar-refractivity contribution is 0.401. The first-order valence-electron chi connectivity index (χ1n) is 5.97. The Morgan fingerprint density at radius 2 is 2.16 bits per heavy atom. The van der Waals surface area contributed by atoms with Crippen LogP contribution in [-0.4, -0.2) is 24.4 Å². The van der Waals surface area contributed by atoms with Gasteiger partial charge in [-0.2, -0.15) is 0 Å². The van der Waals surface area contributed by atoms with E-state index >= 15 is 0 Å². The molecule has 1 unspecified atom stereocenters. The van der Waals surface area contributed by atoms with Gasteiger partial charge in [0.05, 0.1) is 7.11 Å². The molecule has 102 valence electrons. The molecule has 1 aromatic heterocycles. The normalized spacial score (nSPS) is 12.4. The highest BCUT2D eigenvalue weighted by molar-refractivity contribution is 8.01. The van der Waals surface area contributed by atoms with Crippen LogP contribution in [0.15, 0.2) is 27.4 Å². The molecule has 4 nitrogen and oxygen atoms in total. The van der Waals surface area contributed by atoms with E-state index in [0.717, 1.165) is 25.6 Å². The summed E-state index contributed by atoms with van der Waals surface area (Å²) in [6.07, 6.45) is 0. The van der Waals surface area contributed by atoms with Gasteiger partial charge in [-0.1, -0.05) is 29.2 Å². The topological polar surface area (TPSA) is 47.0 Å². The van der Waals surface area contributed by atoms with Gasteiger partial charge < -0.3 is 10.1 Å². The number of aryl methyl sites for hydroxylation is 1. The Morgan fingerprint density at radius 1 is 1.37 bits per heavy atom. The molecule has 0 saturated carbocycles. The van der Waals surface area contributed by atoms with Crippen molar-refractivity contribution in [1.29, 1.82) is 0 Å². The maximum absolute atomic E-state index is 5.47. The summed E-state index contributed by atoms with van der Waals surface area (Å²) in [5, 5.41) is 12.5. The lowest BCUT2D eigenvalue weighted by atomic mass is 10.1. The first-order valence-corrected chi connectivity index (χ1v) is 7.61. The highest BCUT2D eigenvalue weighted by Crippen LogP contribution is 2.39. The molecule has 1 aromatic carbocycles. The zero-order valence-corrected chi connectivity index (χ0v) is 13.1. The molecule has 0 amide bonds. The van der Waals surface area contributed by atoms with Gasteiger partial charge in [0, 0.05) is 16.5 Å². The minimum absolute atomic E-state index is 0.215. The summed E-state index contributed by atoms with van der Waals surface area (Å²) in [6.45, 7) is 4.08. The van der Waals surface area contributed by atoms with Crippen LogP contribution >= 0.6 is 23.1 Å². The first-order chi connectivity index (χ1) is 9.15. The number of aromatic nitrogens is 2. The Hall–Kier alpha value is -1.11. The molecule has 0 saturated heterocycles. The predicted molar refractivity (Wildman–Crippen MR) is 79.2 cm³/mol. The molecule has 0 bridgehead atoms. The fraction of sp³-hybridized carbons (Fsp3) is 0.385. The zero-order chi connectivity index (χ0) is 13.8. The maximum Gasteiger partial charge on any atom is 0.179 e. The van der Waals surface area contributed by atoms with Crippen molar-refractivity contribution in [2.75, 3.05) is 14.2 Å². The van der Waals surface area contributed by atoms with E-state index in [1.54, 1.807) is 30.2 Å². The number of ether oxygens (including phenoxy) is 1. The van der Waals surface area contributed by atoms with Crippen molar-refractivity contribution in [2.24, 2.45) is 0 Å². The van der Waals surface area contributed by atoms with Crippen LogP contribution in [0.1, 0.15) is 23.5 Å². The van der Waals surface area contributed by atoms with E-state index in [1.807, 2.05) is 26.1 Å². The molecule has 0 radical (unpaired) electrons. The van der Waals surface area contributed by atoms with E-state index in [-0.39, 0.29) is 6.04 Å². The van der Waals surface area contributed by atoms with E-state index in [4.69, 9.17) is 4.74 Å². The second-order valence-corrected chi connectivity index (χ2v) is 6.54. The van der Waals surface area contributed by atoms with Gasteiger partial charge >= 0.3 is 0 Å². The molecule has 2 aromatic rings. The Balaban J connectivity index is 2.38. The maximum atomic E-state index is 5.47. The number of nitrogens with zero attached hydrogens (tertiary/aromatic N) is 2. The fourth-order valence-corrected chi connectivity index (χ4v) is 3.79. The number of methoxy groups -OCH3 is 1. The highest BCUT2D eigenvalue weighted by atomic mass is 32.2. The minimum atomic E-state index is 0.215. The van der Waals surface area contributed by atoms with Gasteiger partial charge in [0.1, 0.15) is 10.8 Å². The van der Waals surface area contributed by atoms with Gasteiger partial charge in [-0.25, -0.2) is 0 Å². The Morgan fingerprint density at radius 3 is 2.74 bits per heavy atom. The SMILES string of the molecule is CNC(C)c1c(OC)cccc1Sc1nnc(C)s1. The zero-order valence-electron chi connectivity index (χ0n) is 11.4. The average molecular weight is 295 g/mol. The molecular formula is C13H17N3OS2. The van der Waals surface area contributed by atoms with Gasteiger partial charge in [-0.3, -0.25) is 0 Å². The Kier molecular flexibility index (Phi) is 4.79. The predicted octanol–water partition coefficient (Wildman–Crippen LogP) is 3.29. The van der Waals surface area contributed by atoms with Crippen molar-refractivity contribution in [3.8, 4) is 5.75 Å². The van der Waals surface area contributed by atoms with E-state index in [2.05, 4.69) is 28.5 Å². The third kappa shape index (κ3) is 3.26. The van der Waals surface area contributed by atoms with Crippen LogP contribution in [0.25, 0.3) is 0 Å². The van der Waals surface area contributed by atoms with Crippen LogP contribution in [0.3, 0.4) is 0 Å². The summed E-state index contributed by atoms with van der Waals surface area (Å²) in [5.74, 6) is 0.896. The largest absolute Gasteiger partial charge is 0.496 e. The van der Waals surface area contributed by atoms with Gasteiger partial charge in [0.2, 0.25) is 0 Å². The number of benzene rings is 1. The van der Waals surface area contributed by atoms with E-state index in [0.29, 0.717) is 0 Å². The second-order valence-electron chi connectivity index (χ2n) is 4.07. The van der Waals surface area contributed by atoms with E-state index in [9.17, 15) is 0 Å². The second kappa shape index (κ2) is 6.36. The van der Waals surface area contributed by atoms with Gasteiger partial charge in [0.15, 0.2) is 4.34 Å². The van der Waals surface area contributed by atoms with Crippen molar-refractivity contribution >= 4 is 23.1 Å². The average Bonchev–Trinajstić information content (AvgIpc) is 2.83. The van der Waals surface area contributed by atoms with Crippen LogP contribution in [0.2, 0.25) is 0 Å². The van der Waals surface area contributed by atoms with Crippen LogP contribution in [0.4, 0.5) is 0 Å². The Bertz CT molecular complexity index is 557. The van der Waals surface area contributed by atoms with Crippen molar-refractivity contribution in [3.63, 3.8) is 0 Å². The van der Waals surface area contributed by atoms with Crippen molar-refractivity contribution in [2.45, 2.75) is 29.1 Å². The van der Waals surface area contributed by atoms with Gasteiger partial charge in [-0.15, -0.1) is 10.2 Å². The lowest BCUT2D eigenvalue weighted by Crippen LogP contribution is -2.14. The van der Waals surface area contributed by atoms with E-state index in [1.165, 1.54) is 0 Å². The molecule has 0 aliphatic carbocycles. The first kappa shape index (κ1) is 14.3. The molecule has 0 aliphatic heterocycles. The van der Waals surface area contributed by atoms with Crippen molar-refractivity contribution in [1.82, 2.24) is 15.5 Å². The number of rotatable bonds is 5. The smallest absolute Gasteiger partial charge is 0.179 e. The van der Waals surface area contributed by atoms with Gasteiger partial charge in [0.25, 0.3) is 0 Å². The molecule has 0 spiro atoms. The van der Waals surface area contributed by atoms with Gasteiger partial charge in [-0.05, 0) is 33.0 Å². The van der Waals surface area contributed by atoms with Crippen LogP contribution in [-0.2, 0) is 0 Å². The third-order valence-corrected chi connectivity index (χ3v) is 4.78. The summed E-state index contributed by atoms with van der Waals surface area (Å²) in [7, 11) is 3.64. The summed E-state index contributed by atoms with van der Waals surface area (Å²) >= 11 is 3.24. The third-order valence-electron chi connectivity index (χ3n) is 2.82. The quantitative estimate of drug-likeness (QED) is 0.917. The summed E-state index contributed by atoms with van der Waals surface area (Å²) in [4.78, 5) is 1.15. The molecule has 6 heteroatoms. The minimum Gasteiger partial charge on any atom is -0.496 e. The molecule has 0 aliphatic rings. The number of nitrogens with one attached hydrogen (secondary N) is 1. The molecule has 0 fully saturated rings. The molecule has 2 rings (SSSR count). The van der Waals surface area contributed by atoms with Crippen LogP contribution < -0.4 is 10.1 Å². The summed E-state index contributed by atoms with van der Waals surface area (Å²) < 4.78 is 6.42. The number of hydrogen-bond donors (Lipinski definition) is 1. The highest BCUT2D eigenvalue weighted by Gasteiger charge is 2.16. The molecule has 1 heterocycles. The van der Waals surface area contributed by atoms with Crippen LogP contribution in [0.5, 0.6) is 5.75 Å². The summed E-state index contributed by atoms with van der Waals surface area (Å²) in [5.41, 5.74) is 1.16. The lowest BCUT2D eigenvalue weighted by Gasteiger charge is -2.18. The molecule has 1 N–H and O–H groups in total. The molecule has 19 heavy (non-hydrogen) atoms. The fourth-order valence-electron chi connectivity index (χ4n) is 1.78. The standard InChI is InChI=1S/C13H17N3OS2/c1-8(14-3)12-10(17-4)6-5-7-11(12)19-13-16-15-9(2)18-13/h5-8,14H,1-4H3. The summed E-state index contributed by atoms with van der Waals surface area (Å²) in [6, 6.07) is 6.29. The van der Waals surface area contributed by atoms with Crippen LogP contribution in [0, 0.1) is 6.92 Å². The Labute approximate surface area is 121 Å². The van der Waals surface area contributed by atoms with Crippen molar-refractivity contribution in [3.05, 3.63) is 28.8 Å². The monoisotopic (exact) mass is 295 g/mol. The molecule has 1 atom stereocenters.